The van der Waals surface area contributed by atoms with Crippen LogP contribution in [0.1, 0.15) is 13.8 Å². The summed E-state index contributed by atoms with van der Waals surface area (Å²) < 4.78 is 1.52. The summed E-state index contributed by atoms with van der Waals surface area (Å²) in [5.74, 6) is 1.36. The van der Waals surface area contributed by atoms with Gasteiger partial charge in [-0.25, -0.2) is 0 Å². The zero-order chi connectivity index (χ0) is 13.1. The van der Waals surface area contributed by atoms with Crippen molar-refractivity contribution in [2.45, 2.75) is 13.8 Å². The van der Waals surface area contributed by atoms with Gasteiger partial charge in [-0.3, -0.25) is 9.89 Å². The van der Waals surface area contributed by atoms with Crippen molar-refractivity contribution in [3.63, 3.8) is 0 Å². The quantitative estimate of drug-likeness (QED) is 0.875. The van der Waals surface area contributed by atoms with Crippen LogP contribution in [0.4, 0.5) is 5.95 Å². The first-order valence-corrected chi connectivity index (χ1v) is 6.00. The van der Waals surface area contributed by atoms with E-state index in [1.165, 1.54) is 10.6 Å². The number of nitrogens with zero attached hydrogens (tertiary/aromatic N) is 4. The van der Waals surface area contributed by atoms with Crippen LogP contribution in [-0.4, -0.2) is 32.8 Å². The first-order valence-electron chi connectivity index (χ1n) is 6.00. The monoisotopic (exact) mass is 247 g/mol. The van der Waals surface area contributed by atoms with Gasteiger partial charge in [-0.05, 0) is 19.9 Å². The second kappa shape index (κ2) is 5.03. The Bertz CT molecular complexity index is 582. The number of anilines is 1. The Hall–Kier alpha value is -2.11. The molecular formula is C12H17N5O. The van der Waals surface area contributed by atoms with Gasteiger partial charge >= 0.3 is 0 Å². The Morgan fingerprint density at radius 3 is 2.67 bits per heavy atom. The highest BCUT2D eigenvalue weighted by Crippen LogP contribution is 2.15. The molecule has 2 heterocycles. The average Bonchev–Trinajstić information content (AvgIpc) is 2.84. The Balaban J connectivity index is 2.34. The standard InChI is InChI=1S/C12H17N5O/c1-4-17(5-2)12-13-11(14-15-12)9-6-7-10(18)16(3)8-9/h6-8H,4-5H2,1-3H3,(H,13,14,15). The molecule has 0 aliphatic rings. The zero-order valence-electron chi connectivity index (χ0n) is 10.8. The van der Waals surface area contributed by atoms with Crippen molar-refractivity contribution in [1.82, 2.24) is 19.7 Å². The number of aryl methyl sites for hydroxylation is 1. The lowest BCUT2D eigenvalue weighted by Gasteiger charge is -2.15. The number of rotatable bonds is 4. The van der Waals surface area contributed by atoms with Crippen molar-refractivity contribution < 1.29 is 0 Å². The molecule has 96 valence electrons. The molecule has 6 heteroatoms. The number of nitrogens with one attached hydrogen (secondary N) is 1. The van der Waals surface area contributed by atoms with Gasteiger partial charge in [0.05, 0.1) is 0 Å². The highest BCUT2D eigenvalue weighted by molar-refractivity contribution is 5.54. The highest BCUT2D eigenvalue weighted by Gasteiger charge is 2.10. The smallest absolute Gasteiger partial charge is 0.250 e. The van der Waals surface area contributed by atoms with Crippen LogP contribution in [0.25, 0.3) is 11.4 Å². The van der Waals surface area contributed by atoms with E-state index in [2.05, 4.69) is 33.9 Å². The lowest BCUT2D eigenvalue weighted by Crippen LogP contribution is -2.23. The average molecular weight is 247 g/mol. The molecule has 0 spiro atoms. The molecular weight excluding hydrogens is 230 g/mol. The fourth-order valence-corrected chi connectivity index (χ4v) is 1.76. The van der Waals surface area contributed by atoms with Gasteiger partial charge in [-0.2, -0.15) is 4.98 Å². The van der Waals surface area contributed by atoms with E-state index in [9.17, 15) is 4.79 Å². The summed E-state index contributed by atoms with van der Waals surface area (Å²) in [5.41, 5.74) is 0.810. The number of aromatic nitrogens is 4. The molecule has 2 rings (SSSR count). The minimum absolute atomic E-state index is 0.0396. The predicted molar refractivity (Wildman–Crippen MR) is 70.6 cm³/mol. The molecule has 6 nitrogen and oxygen atoms in total. The van der Waals surface area contributed by atoms with Crippen molar-refractivity contribution in [2.75, 3.05) is 18.0 Å². The van der Waals surface area contributed by atoms with Gasteiger partial charge < -0.3 is 9.47 Å². The molecule has 18 heavy (non-hydrogen) atoms. The first kappa shape index (κ1) is 12.3. The molecule has 1 N–H and O–H groups in total. The number of hydrogen-bond donors (Lipinski definition) is 1. The van der Waals surface area contributed by atoms with E-state index in [4.69, 9.17) is 0 Å². The molecule has 0 aliphatic heterocycles. The topological polar surface area (TPSA) is 66.8 Å². The van der Waals surface area contributed by atoms with E-state index in [0.29, 0.717) is 11.8 Å². The van der Waals surface area contributed by atoms with Gasteiger partial charge in [0.15, 0.2) is 5.82 Å². The molecule has 0 saturated heterocycles. The van der Waals surface area contributed by atoms with Crippen LogP contribution >= 0.6 is 0 Å². The van der Waals surface area contributed by atoms with Crippen LogP contribution in [0, 0.1) is 0 Å². The van der Waals surface area contributed by atoms with Crippen molar-refractivity contribution >= 4 is 5.95 Å². The summed E-state index contributed by atoms with van der Waals surface area (Å²) >= 11 is 0. The lowest BCUT2D eigenvalue weighted by molar-refractivity contribution is 0.824. The van der Waals surface area contributed by atoms with Crippen molar-refractivity contribution in [1.29, 1.82) is 0 Å². The van der Waals surface area contributed by atoms with Crippen molar-refractivity contribution in [3.05, 3.63) is 28.7 Å². The van der Waals surface area contributed by atoms with E-state index < -0.39 is 0 Å². The fourth-order valence-electron chi connectivity index (χ4n) is 1.76. The molecule has 0 unspecified atom stereocenters. The van der Waals surface area contributed by atoms with E-state index in [0.717, 1.165) is 18.7 Å². The fraction of sp³-hybridized carbons (Fsp3) is 0.417. The number of aromatic amines is 1. The maximum Gasteiger partial charge on any atom is 0.250 e. The van der Waals surface area contributed by atoms with Crippen molar-refractivity contribution in [2.24, 2.45) is 7.05 Å². The Labute approximate surface area is 105 Å². The molecule has 0 bridgehead atoms. The van der Waals surface area contributed by atoms with Crippen molar-refractivity contribution in [3.8, 4) is 11.4 Å². The van der Waals surface area contributed by atoms with Crippen LogP contribution < -0.4 is 10.5 Å². The molecule has 2 aromatic heterocycles. The van der Waals surface area contributed by atoms with Crippen LogP contribution in [0.5, 0.6) is 0 Å². The van der Waals surface area contributed by atoms with Crippen LogP contribution in [-0.2, 0) is 7.05 Å². The van der Waals surface area contributed by atoms with E-state index in [-0.39, 0.29) is 5.56 Å². The molecule has 0 fully saturated rings. The van der Waals surface area contributed by atoms with Crippen LogP contribution in [0.3, 0.4) is 0 Å². The van der Waals surface area contributed by atoms with Gasteiger partial charge in [-0.15, -0.1) is 5.10 Å². The largest absolute Gasteiger partial charge is 0.340 e. The molecule has 0 aliphatic carbocycles. The SMILES string of the molecule is CCN(CC)c1n[nH]c(-c2ccc(=O)n(C)c2)n1. The first-order chi connectivity index (χ1) is 8.65. The number of pyridine rings is 1. The third-order valence-corrected chi connectivity index (χ3v) is 2.88. The van der Waals surface area contributed by atoms with E-state index in [1.54, 1.807) is 19.3 Å². The van der Waals surface area contributed by atoms with Gasteiger partial charge in [0, 0.05) is 38.0 Å². The Morgan fingerprint density at radius 2 is 2.06 bits per heavy atom. The van der Waals surface area contributed by atoms with Gasteiger partial charge in [0.2, 0.25) is 11.5 Å². The second-order valence-corrected chi connectivity index (χ2v) is 4.02. The minimum Gasteiger partial charge on any atom is -0.340 e. The molecule has 0 amide bonds. The Kier molecular flexibility index (Phi) is 3.45. The molecule has 0 radical (unpaired) electrons. The van der Waals surface area contributed by atoms with Gasteiger partial charge in [-0.1, -0.05) is 0 Å². The summed E-state index contributed by atoms with van der Waals surface area (Å²) in [5, 5.41) is 7.09. The Morgan fingerprint density at radius 1 is 1.33 bits per heavy atom. The third kappa shape index (κ3) is 2.27. The minimum atomic E-state index is -0.0396. The number of H-pyrrole nitrogens is 1. The van der Waals surface area contributed by atoms with Gasteiger partial charge in [0.1, 0.15) is 0 Å². The summed E-state index contributed by atoms with van der Waals surface area (Å²) in [6.45, 7) is 5.85. The molecule has 0 saturated carbocycles. The molecule has 0 aromatic carbocycles. The zero-order valence-corrected chi connectivity index (χ0v) is 10.8. The highest BCUT2D eigenvalue weighted by atomic mass is 16.1. The summed E-state index contributed by atoms with van der Waals surface area (Å²) in [7, 11) is 1.72. The lowest BCUT2D eigenvalue weighted by atomic mass is 10.3. The van der Waals surface area contributed by atoms with E-state index in [1.807, 2.05) is 0 Å². The summed E-state index contributed by atoms with van der Waals surface area (Å²) in [4.78, 5) is 17.8. The van der Waals surface area contributed by atoms with E-state index >= 15 is 0 Å². The van der Waals surface area contributed by atoms with Crippen LogP contribution in [0.2, 0.25) is 0 Å². The molecule has 0 atom stereocenters. The normalized spacial score (nSPS) is 10.6. The second-order valence-electron chi connectivity index (χ2n) is 4.02. The van der Waals surface area contributed by atoms with Gasteiger partial charge in [0.25, 0.3) is 0 Å². The summed E-state index contributed by atoms with van der Waals surface area (Å²) in [6.07, 6.45) is 1.74. The third-order valence-electron chi connectivity index (χ3n) is 2.88. The van der Waals surface area contributed by atoms with Crippen LogP contribution in [0.15, 0.2) is 23.1 Å². The summed E-state index contributed by atoms with van der Waals surface area (Å²) in [6, 6.07) is 3.27. The maximum atomic E-state index is 11.3. The predicted octanol–water partition coefficient (Wildman–Crippen LogP) is 1.02. The maximum absolute atomic E-state index is 11.3. The number of hydrogen-bond acceptors (Lipinski definition) is 4. The molecule has 2 aromatic rings.